The molecule has 3 aliphatic heterocycles. The summed E-state index contributed by atoms with van der Waals surface area (Å²) in [5, 5.41) is 0. The fraction of sp³-hybridized carbons (Fsp3) is 0.750. The zero-order valence-electron chi connectivity index (χ0n) is 16.1. The van der Waals surface area contributed by atoms with E-state index in [0.29, 0.717) is 31.7 Å². The molecule has 0 aromatic carbocycles. The van der Waals surface area contributed by atoms with E-state index in [1.165, 1.54) is 0 Å². The molecule has 0 aliphatic carbocycles. The highest BCUT2D eigenvalue weighted by Gasteiger charge is 2.50. The van der Waals surface area contributed by atoms with Crippen LogP contribution < -0.4 is 4.74 Å². The largest absolute Gasteiger partial charge is 0.463 e. The zero-order chi connectivity index (χ0) is 18.7. The third-order valence-corrected chi connectivity index (χ3v) is 5.97. The molecule has 1 spiro atoms. The predicted molar refractivity (Wildman–Crippen MR) is 98.4 cm³/mol. The molecule has 148 valence electrons. The van der Waals surface area contributed by atoms with Crippen molar-refractivity contribution in [3.05, 3.63) is 18.0 Å². The lowest BCUT2D eigenvalue weighted by atomic mass is 9.78. The molecule has 3 fully saturated rings. The van der Waals surface area contributed by atoms with Gasteiger partial charge < -0.3 is 19.1 Å². The zero-order valence-corrected chi connectivity index (χ0v) is 16.1. The van der Waals surface area contributed by atoms with Crippen molar-refractivity contribution in [2.75, 3.05) is 39.5 Å². The summed E-state index contributed by atoms with van der Waals surface area (Å²) in [5.74, 6) is 0.983. The fourth-order valence-electron chi connectivity index (χ4n) is 4.42. The highest BCUT2D eigenvalue weighted by atomic mass is 16.5. The van der Waals surface area contributed by atoms with Gasteiger partial charge in [0.15, 0.2) is 0 Å². The van der Waals surface area contributed by atoms with E-state index in [1.807, 2.05) is 17.9 Å². The Morgan fingerprint density at radius 1 is 1.30 bits per heavy atom. The lowest BCUT2D eigenvalue weighted by Gasteiger charge is -2.54. The third kappa shape index (κ3) is 4.41. The molecule has 1 aromatic rings. The minimum atomic E-state index is -0.135. The van der Waals surface area contributed by atoms with Gasteiger partial charge in [0.1, 0.15) is 5.60 Å². The molecule has 4 heterocycles. The molecule has 1 atom stereocenters. The van der Waals surface area contributed by atoms with E-state index in [9.17, 15) is 4.79 Å². The normalized spacial score (nSPS) is 25.2. The van der Waals surface area contributed by atoms with Crippen molar-refractivity contribution < 1.29 is 19.0 Å². The Hall–Kier alpha value is -1.73. The van der Waals surface area contributed by atoms with E-state index in [0.717, 1.165) is 57.5 Å². The van der Waals surface area contributed by atoms with Crippen molar-refractivity contribution in [1.82, 2.24) is 14.9 Å². The molecule has 0 radical (unpaired) electrons. The molecule has 7 nitrogen and oxygen atoms in total. The molecule has 1 aromatic heterocycles. The lowest BCUT2D eigenvalue weighted by Crippen LogP contribution is -2.67. The highest BCUT2D eigenvalue weighted by Crippen LogP contribution is 2.39. The van der Waals surface area contributed by atoms with Crippen molar-refractivity contribution in [2.45, 2.75) is 44.6 Å². The van der Waals surface area contributed by atoms with Crippen molar-refractivity contribution >= 4 is 5.91 Å². The molecule has 0 N–H and O–H groups in total. The van der Waals surface area contributed by atoms with Gasteiger partial charge in [-0.25, -0.2) is 9.97 Å². The smallest absolute Gasteiger partial charge is 0.316 e. The van der Waals surface area contributed by atoms with Crippen LogP contribution in [0.3, 0.4) is 0 Å². The molecule has 1 amide bonds. The van der Waals surface area contributed by atoms with Crippen molar-refractivity contribution in [3.63, 3.8) is 0 Å². The van der Waals surface area contributed by atoms with Crippen LogP contribution in [0, 0.1) is 18.8 Å². The molecular weight excluding hydrogens is 346 g/mol. The van der Waals surface area contributed by atoms with E-state index in [-0.39, 0.29) is 17.4 Å². The molecule has 3 aliphatic rings. The number of likely N-dealkylation sites (tertiary alicyclic amines) is 1. The summed E-state index contributed by atoms with van der Waals surface area (Å²) in [6.45, 7) is 6.21. The first-order valence-electron chi connectivity index (χ1n) is 10.1. The average molecular weight is 375 g/mol. The molecular formula is C20H29N3O4. The Labute approximate surface area is 160 Å². The van der Waals surface area contributed by atoms with Gasteiger partial charge in [0.2, 0.25) is 5.91 Å². The Bertz CT molecular complexity index is 656. The Balaban J connectivity index is 1.22. The van der Waals surface area contributed by atoms with Gasteiger partial charge in [0.25, 0.3) is 0 Å². The Morgan fingerprint density at radius 2 is 2.11 bits per heavy atom. The van der Waals surface area contributed by atoms with Crippen LogP contribution in [0.1, 0.15) is 37.8 Å². The minimum absolute atomic E-state index is 0.135. The number of ether oxygens (including phenoxy) is 3. The molecule has 0 saturated carbocycles. The van der Waals surface area contributed by atoms with Crippen LogP contribution in [0.25, 0.3) is 0 Å². The molecule has 1 unspecified atom stereocenters. The number of nitrogens with zero attached hydrogens (tertiary/aromatic N) is 3. The number of hydrogen-bond acceptors (Lipinski definition) is 6. The minimum Gasteiger partial charge on any atom is -0.463 e. The van der Waals surface area contributed by atoms with E-state index in [4.69, 9.17) is 14.2 Å². The lowest BCUT2D eigenvalue weighted by molar-refractivity contribution is -0.192. The van der Waals surface area contributed by atoms with Crippen molar-refractivity contribution in [3.8, 4) is 6.01 Å². The van der Waals surface area contributed by atoms with Gasteiger partial charge in [-0.3, -0.25) is 4.79 Å². The number of aryl methyl sites for hydroxylation is 1. The van der Waals surface area contributed by atoms with Gasteiger partial charge in [-0.05, 0) is 51.0 Å². The summed E-state index contributed by atoms with van der Waals surface area (Å²) in [6, 6.07) is 2.31. The number of hydrogen-bond donors (Lipinski definition) is 0. The highest BCUT2D eigenvalue weighted by molar-refractivity contribution is 5.80. The van der Waals surface area contributed by atoms with Gasteiger partial charge in [-0.15, -0.1) is 0 Å². The van der Waals surface area contributed by atoms with E-state index in [2.05, 4.69) is 9.97 Å². The first-order chi connectivity index (χ1) is 13.1. The molecule has 4 rings (SSSR count). The summed E-state index contributed by atoms with van der Waals surface area (Å²) in [5.41, 5.74) is 0.776. The fourth-order valence-corrected chi connectivity index (χ4v) is 4.42. The van der Waals surface area contributed by atoms with Crippen LogP contribution in [0.2, 0.25) is 0 Å². The van der Waals surface area contributed by atoms with Crippen LogP contribution in [0.4, 0.5) is 0 Å². The summed E-state index contributed by atoms with van der Waals surface area (Å²) in [4.78, 5) is 23.0. The van der Waals surface area contributed by atoms with Gasteiger partial charge in [-0.1, -0.05) is 0 Å². The van der Waals surface area contributed by atoms with E-state index in [1.54, 1.807) is 6.20 Å². The van der Waals surface area contributed by atoms with E-state index >= 15 is 0 Å². The van der Waals surface area contributed by atoms with Crippen molar-refractivity contribution in [1.29, 1.82) is 0 Å². The van der Waals surface area contributed by atoms with E-state index < -0.39 is 0 Å². The number of rotatable bonds is 5. The monoisotopic (exact) mass is 375 g/mol. The van der Waals surface area contributed by atoms with Crippen LogP contribution in [0.15, 0.2) is 12.3 Å². The second-order valence-corrected chi connectivity index (χ2v) is 8.09. The first-order valence-corrected chi connectivity index (χ1v) is 10.1. The maximum atomic E-state index is 12.6. The van der Waals surface area contributed by atoms with Crippen LogP contribution >= 0.6 is 0 Å². The average Bonchev–Trinajstić information content (AvgIpc) is 2.66. The van der Waals surface area contributed by atoms with Gasteiger partial charge >= 0.3 is 6.01 Å². The first kappa shape index (κ1) is 18.6. The van der Waals surface area contributed by atoms with Gasteiger partial charge in [0.05, 0.1) is 19.7 Å². The van der Waals surface area contributed by atoms with Gasteiger partial charge in [0, 0.05) is 37.6 Å². The summed E-state index contributed by atoms with van der Waals surface area (Å²) >= 11 is 0. The van der Waals surface area contributed by atoms with Crippen LogP contribution in [-0.4, -0.2) is 65.9 Å². The SMILES string of the molecule is Cc1ccnc(OCCC2CCOC3(C2)CN(C(=O)C2CCOCC2)C3)n1. The van der Waals surface area contributed by atoms with Crippen LogP contribution in [-0.2, 0) is 14.3 Å². The molecule has 0 bridgehead atoms. The second kappa shape index (κ2) is 8.10. The topological polar surface area (TPSA) is 73.8 Å². The number of carbonyl (C=O) groups is 1. The Morgan fingerprint density at radius 3 is 2.89 bits per heavy atom. The maximum Gasteiger partial charge on any atom is 0.316 e. The standard InChI is InChI=1S/C20H29N3O4/c1-15-2-7-21-19(22-15)26-10-3-16-4-11-27-20(12-16)13-23(14-20)18(24)17-5-8-25-9-6-17/h2,7,16-17H,3-6,8-14H2,1H3. The third-order valence-electron chi connectivity index (χ3n) is 5.97. The quantitative estimate of drug-likeness (QED) is 0.784. The van der Waals surface area contributed by atoms with Crippen molar-refractivity contribution in [2.24, 2.45) is 11.8 Å². The summed E-state index contributed by atoms with van der Waals surface area (Å²) < 4.78 is 17.2. The number of carbonyl (C=O) groups excluding carboxylic acids is 1. The number of aromatic nitrogens is 2. The van der Waals surface area contributed by atoms with Gasteiger partial charge in [-0.2, -0.15) is 0 Å². The summed E-state index contributed by atoms with van der Waals surface area (Å²) in [6.07, 6.45) is 6.44. The van der Waals surface area contributed by atoms with Crippen LogP contribution in [0.5, 0.6) is 6.01 Å². The maximum absolute atomic E-state index is 12.6. The molecule has 3 saturated heterocycles. The summed E-state index contributed by atoms with van der Waals surface area (Å²) in [7, 11) is 0. The Kier molecular flexibility index (Phi) is 5.59. The predicted octanol–water partition coefficient (Wildman–Crippen LogP) is 1.99. The second-order valence-electron chi connectivity index (χ2n) is 8.09. The molecule has 27 heavy (non-hydrogen) atoms. The number of amides is 1. The molecule has 7 heteroatoms.